The number of hydrogen-bond acceptors (Lipinski definition) is 3. The highest BCUT2D eigenvalue weighted by atomic mass is 16.2. The number of carbonyl (C=O) groups is 1. The molecule has 1 amide bonds. The molecule has 1 heterocycles. The minimum atomic E-state index is -0.0846. The summed E-state index contributed by atoms with van der Waals surface area (Å²) in [6.07, 6.45) is 5.48. The Morgan fingerprint density at radius 1 is 1.65 bits per heavy atom. The zero-order chi connectivity index (χ0) is 12.7. The number of likely N-dealkylation sites (N-methyl/N-ethyl adjacent to an activating group) is 1. The molecule has 0 aliphatic carbocycles. The normalized spacial score (nSPS) is 22.2. The predicted molar refractivity (Wildman–Crippen MR) is 70.9 cm³/mol. The molecular formula is C13H25N3O. The van der Waals surface area contributed by atoms with Crippen molar-refractivity contribution < 1.29 is 4.79 Å². The van der Waals surface area contributed by atoms with E-state index in [9.17, 15) is 4.79 Å². The lowest BCUT2D eigenvalue weighted by molar-refractivity contribution is -0.125. The first-order chi connectivity index (χ1) is 8.15. The topological polar surface area (TPSA) is 44.4 Å². The number of nitrogens with zero attached hydrogens (tertiary/aromatic N) is 1. The van der Waals surface area contributed by atoms with Crippen molar-refractivity contribution >= 4 is 5.91 Å². The molecule has 1 rings (SSSR count). The van der Waals surface area contributed by atoms with Crippen LogP contribution in [-0.2, 0) is 4.79 Å². The Bertz CT molecular complexity index is 249. The first-order valence-electron chi connectivity index (χ1n) is 6.47. The van der Waals surface area contributed by atoms with Gasteiger partial charge in [0.15, 0.2) is 0 Å². The molecule has 1 saturated heterocycles. The zero-order valence-electron chi connectivity index (χ0n) is 11.0. The van der Waals surface area contributed by atoms with Crippen LogP contribution in [0.1, 0.15) is 26.2 Å². The van der Waals surface area contributed by atoms with E-state index in [1.165, 1.54) is 19.3 Å². The molecule has 17 heavy (non-hydrogen) atoms. The summed E-state index contributed by atoms with van der Waals surface area (Å²) in [5, 5.41) is 6.33. The molecular weight excluding hydrogens is 214 g/mol. The molecule has 2 unspecified atom stereocenters. The Morgan fingerprint density at radius 3 is 3.00 bits per heavy atom. The maximum atomic E-state index is 11.8. The fourth-order valence-corrected chi connectivity index (χ4v) is 2.11. The van der Waals surface area contributed by atoms with E-state index < -0.39 is 0 Å². The number of nitrogens with one attached hydrogen (secondary N) is 2. The number of amides is 1. The second kappa shape index (κ2) is 7.45. The molecule has 0 bridgehead atoms. The summed E-state index contributed by atoms with van der Waals surface area (Å²) in [6, 6.07) is 0.446. The van der Waals surface area contributed by atoms with Crippen LogP contribution in [0.15, 0.2) is 12.7 Å². The van der Waals surface area contributed by atoms with Crippen LogP contribution in [0, 0.1) is 0 Å². The smallest absolute Gasteiger partial charge is 0.237 e. The van der Waals surface area contributed by atoms with Gasteiger partial charge in [-0.2, -0.15) is 0 Å². The monoisotopic (exact) mass is 239 g/mol. The third-order valence-electron chi connectivity index (χ3n) is 3.38. The summed E-state index contributed by atoms with van der Waals surface area (Å²) in [4.78, 5) is 13.9. The van der Waals surface area contributed by atoms with Gasteiger partial charge in [0.25, 0.3) is 0 Å². The Balaban J connectivity index is 2.31. The molecule has 0 radical (unpaired) electrons. The highest BCUT2D eigenvalue weighted by Gasteiger charge is 2.21. The second-order valence-corrected chi connectivity index (χ2v) is 4.80. The average molecular weight is 239 g/mol. The molecule has 0 spiro atoms. The van der Waals surface area contributed by atoms with Crippen molar-refractivity contribution in [2.24, 2.45) is 0 Å². The molecule has 0 aromatic carbocycles. The fraction of sp³-hybridized carbons (Fsp3) is 0.769. The summed E-state index contributed by atoms with van der Waals surface area (Å²) in [5.41, 5.74) is 0. The van der Waals surface area contributed by atoms with E-state index >= 15 is 0 Å². The first kappa shape index (κ1) is 14.2. The lowest BCUT2D eigenvalue weighted by Crippen LogP contribution is -2.49. The van der Waals surface area contributed by atoms with Crippen molar-refractivity contribution in [3.05, 3.63) is 12.7 Å². The van der Waals surface area contributed by atoms with Gasteiger partial charge in [-0.15, -0.1) is 6.58 Å². The van der Waals surface area contributed by atoms with Gasteiger partial charge in [-0.25, -0.2) is 0 Å². The van der Waals surface area contributed by atoms with Crippen molar-refractivity contribution in [1.82, 2.24) is 15.5 Å². The van der Waals surface area contributed by atoms with Gasteiger partial charge in [-0.3, -0.25) is 9.69 Å². The molecule has 0 aromatic rings. The molecule has 98 valence electrons. The van der Waals surface area contributed by atoms with Crippen LogP contribution in [0.5, 0.6) is 0 Å². The van der Waals surface area contributed by atoms with Gasteiger partial charge in [-0.1, -0.05) is 12.5 Å². The molecule has 1 aliphatic heterocycles. The minimum Gasteiger partial charge on any atom is -0.351 e. The minimum absolute atomic E-state index is 0.0724. The summed E-state index contributed by atoms with van der Waals surface area (Å²) in [6.45, 7) is 8.12. The Morgan fingerprint density at radius 2 is 2.41 bits per heavy atom. The van der Waals surface area contributed by atoms with E-state index in [1.807, 2.05) is 14.0 Å². The molecule has 0 saturated carbocycles. The standard InChI is InChI=1S/C13H25N3O/c1-4-8-15-13(17)11(2)16(3)10-12-7-5-6-9-14-12/h4,11-12,14H,1,5-10H2,2-3H3,(H,15,17). The summed E-state index contributed by atoms with van der Waals surface area (Å²) >= 11 is 0. The number of hydrogen-bond donors (Lipinski definition) is 2. The van der Waals surface area contributed by atoms with Gasteiger partial charge in [0.2, 0.25) is 5.91 Å². The van der Waals surface area contributed by atoms with E-state index in [1.54, 1.807) is 6.08 Å². The van der Waals surface area contributed by atoms with Gasteiger partial charge >= 0.3 is 0 Å². The molecule has 0 aromatic heterocycles. The Labute approximate surface area is 104 Å². The van der Waals surface area contributed by atoms with Gasteiger partial charge in [0.05, 0.1) is 6.04 Å². The van der Waals surface area contributed by atoms with E-state index in [2.05, 4.69) is 22.1 Å². The third-order valence-corrected chi connectivity index (χ3v) is 3.38. The summed E-state index contributed by atoms with van der Waals surface area (Å²) in [5.74, 6) is 0.0724. The van der Waals surface area contributed by atoms with E-state index in [-0.39, 0.29) is 11.9 Å². The van der Waals surface area contributed by atoms with Crippen molar-refractivity contribution in [3.63, 3.8) is 0 Å². The summed E-state index contributed by atoms with van der Waals surface area (Å²) < 4.78 is 0. The van der Waals surface area contributed by atoms with Crippen LogP contribution in [0.3, 0.4) is 0 Å². The maximum absolute atomic E-state index is 11.8. The van der Waals surface area contributed by atoms with Gasteiger partial charge < -0.3 is 10.6 Å². The molecule has 1 aliphatic rings. The van der Waals surface area contributed by atoms with Crippen molar-refractivity contribution in [2.75, 3.05) is 26.7 Å². The molecule has 4 nitrogen and oxygen atoms in total. The lowest BCUT2D eigenvalue weighted by atomic mass is 10.0. The maximum Gasteiger partial charge on any atom is 0.237 e. The van der Waals surface area contributed by atoms with E-state index in [0.717, 1.165) is 13.1 Å². The van der Waals surface area contributed by atoms with Crippen molar-refractivity contribution in [3.8, 4) is 0 Å². The number of piperidine rings is 1. The van der Waals surface area contributed by atoms with Crippen LogP contribution >= 0.6 is 0 Å². The first-order valence-corrected chi connectivity index (χ1v) is 6.47. The highest BCUT2D eigenvalue weighted by molar-refractivity contribution is 5.81. The van der Waals surface area contributed by atoms with Gasteiger partial charge in [0.1, 0.15) is 0 Å². The largest absolute Gasteiger partial charge is 0.351 e. The van der Waals surface area contributed by atoms with Crippen LogP contribution < -0.4 is 10.6 Å². The van der Waals surface area contributed by atoms with Gasteiger partial charge in [-0.05, 0) is 33.4 Å². The second-order valence-electron chi connectivity index (χ2n) is 4.80. The highest BCUT2D eigenvalue weighted by Crippen LogP contribution is 2.09. The Kier molecular flexibility index (Phi) is 6.22. The lowest BCUT2D eigenvalue weighted by Gasteiger charge is -2.31. The predicted octanol–water partition coefficient (Wildman–Crippen LogP) is 0.751. The van der Waals surface area contributed by atoms with Crippen molar-refractivity contribution in [2.45, 2.75) is 38.3 Å². The van der Waals surface area contributed by atoms with E-state index in [0.29, 0.717) is 12.6 Å². The van der Waals surface area contributed by atoms with Crippen LogP contribution in [0.2, 0.25) is 0 Å². The van der Waals surface area contributed by atoms with Crippen LogP contribution in [-0.4, -0.2) is 49.6 Å². The van der Waals surface area contributed by atoms with Crippen LogP contribution in [0.25, 0.3) is 0 Å². The van der Waals surface area contributed by atoms with Crippen LogP contribution in [0.4, 0.5) is 0 Å². The van der Waals surface area contributed by atoms with E-state index in [4.69, 9.17) is 0 Å². The molecule has 1 fully saturated rings. The Hall–Kier alpha value is -0.870. The fourth-order valence-electron chi connectivity index (χ4n) is 2.11. The number of carbonyl (C=O) groups excluding carboxylic acids is 1. The van der Waals surface area contributed by atoms with Gasteiger partial charge in [0, 0.05) is 19.1 Å². The summed E-state index contributed by atoms with van der Waals surface area (Å²) in [7, 11) is 2.01. The average Bonchev–Trinajstić information content (AvgIpc) is 2.36. The quantitative estimate of drug-likeness (QED) is 0.672. The molecule has 2 N–H and O–H groups in total. The van der Waals surface area contributed by atoms with Crippen molar-refractivity contribution in [1.29, 1.82) is 0 Å². The molecule has 2 atom stereocenters. The third kappa shape index (κ3) is 4.88. The SMILES string of the molecule is C=CCNC(=O)C(C)N(C)CC1CCCCN1. The zero-order valence-corrected chi connectivity index (χ0v) is 11.0. The number of rotatable bonds is 6. The molecule has 4 heteroatoms.